The summed E-state index contributed by atoms with van der Waals surface area (Å²) in [7, 11) is 1.44. The Labute approximate surface area is 88.0 Å². The molecular formula is C11H13NO3. The molecule has 0 radical (unpaired) electrons. The van der Waals surface area contributed by atoms with Crippen LogP contribution in [0.2, 0.25) is 0 Å². The van der Waals surface area contributed by atoms with E-state index < -0.39 is 0 Å². The number of carbonyl (C=O) groups excluding carboxylic acids is 2. The number of aldehydes is 1. The number of Topliss-reactive ketones (excluding diaryl/α,β-unsaturated/α-hetero) is 1. The van der Waals surface area contributed by atoms with Crippen molar-refractivity contribution in [2.75, 3.05) is 12.8 Å². The molecule has 0 unspecified atom stereocenters. The van der Waals surface area contributed by atoms with Crippen LogP contribution in [-0.4, -0.2) is 19.2 Å². The maximum atomic E-state index is 11.5. The maximum Gasteiger partial charge on any atom is 0.164 e. The molecule has 15 heavy (non-hydrogen) atoms. The van der Waals surface area contributed by atoms with Crippen LogP contribution in [0.1, 0.15) is 34.1 Å². The minimum atomic E-state index is -0.0664. The van der Waals surface area contributed by atoms with Gasteiger partial charge in [0.15, 0.2) is 12.1 Å². The van der Waals surface area contributed by atoms with Gasteiger partial charge in [-0.1, -0.05) is 6.92 Å². The van der Waals surface area contributed by atoms with Crippen molar-refractivity contribution in [3.8, 4) is 5.75 Å². The molecule has 0 saturated heterocycles. The summed E-state index contributed by atoms with van der Waals surface area (Å²) in [4.78, 5) is 22.1. The van der Waals surface area contributed by atoms with Gasteiger partial charge in [-0.05, 0) is 12.1 Å². The van der Waals surface area contributed by atoms with Crippen molar-refractivity contribution < 1.29 is 14.3 Å². The van der Waals surface area contributed by atoms with Gasteiger partial charge in [0.05, 0.1) is 12.7 Å². The number of nitrogens with two attached hydrogens (primary N) is 1. The van der Waals surface area contributed by atoms with Crippen LogP contribution in [0.15, 0.2) is 12.1 Å². The van der Waals surface area contributed by atoms with Crippen LogP contribution in [0.4, 0.5) is 5.69 Å². The van der Waals surface area contributed by atoms with Crippen molar-refractivity contribution >= 4 is 17.8 Å². The number of ketones is 1. The molecule has 0 aliphatic heterocycles. The lowest BCUT2D eigenvalue weighted by Crippen LogP contribution is -2.04. The summed E-state index contributed by atoms with van der Waals surface area (Å²) in [5, 5.41) is 0. The number of methoxy groups -OCH3 is 1. The van der Waals surface area contributed by atoms with E-state index in [9.17, 15) is 9.59 Å². The highest BCUT2D eigenvalue weighted by molar-refractivity contribution is 6.02. The zero-order chi connectivity index (χ0) is 11.4. The number of benzene rings is 1. The minimum absolute atomic E-state index is 0.0664. The van der Waals surface area contributed by atoms with E-state index in [0.717, 1.165) is 0 Å². The van der Waals surface area contributed by atoms with Crippen LogP contribution in [0, 0.1) is 0 Å². The Bertz CT molecular complexity index is 399. The van der Waals surface area contributed by atoms with Crippen molar-refractivity contribution in [3.05, 3.63) is 23.3 Å². The fourth-order valence-corrected chi connectivity index (χ4v) is 1.31. The van der Waals surface area contributed by atoms with Gasteiger partial charge in [-0.15, -0.1) is 0 Å². The first-order chi connectivity index (χ1) is 7.13. The lowest BCUT2D eigenvalue weighted by molar-refractivity contribution is 0.0987. The zero-order valence-electron chi connectivity index (χ0n) is 8.74. The lowest BCUT2D eigenvalue weighted by Gasteiger charge is -2.08. The van der Waals surface area contributed by atoms with Crippen molar-refractivity contribution in [2.45, 2.75) is 13.3 Å². The predicted molar refractivity (Wildman–Crippen MR) is 57.4 cm³/mol. The zero-order valence-corrected chi connectivity index (χ0v) is 8.74. The number of ether oxygens (including phenoxy) is 1. The van der Waals surface area contributed by atoms with Gasteiger partial charge in [-0.2, -0.15) is 0 Å². The van der Waals surface area contributed by atoms with Crippen LogP contribution >= 0.6 is 0 Å². The molecule has 1 aromatic carbocycles. The van der Waals surface area contributed by atoms with Crippen LogP contribution in [0.25, 0.3) is 0 Å². The molecular weight excluding hydrogens is 194 g/mol. The number of rotatable bonds is 4. The summed E-state index contributed by atoms with van der Waals surface area (Å²) < 4.78 is 4.99. The largest absolute Gasteiger partial charge is 0.496 e. The molecule has 0 amide bonds. The van der Waals surface area contributed by atoms with Crippen molar-refractivity contribution in [2.24, 2.45) is 0 Å². The quantitative estimate of drug-likeness (QED) is 0.463. The van der Waals surface area contributed by atoms with Gasteiger partial charge >= 0.3 is 0 Å². The van der Waals surface area contributed by atoms with Gasteiger partial charge in [0.1, 0.15) is 5.75 Å². The van der Waals surface area contributed by atoms with Gasteiger partial charge < -0.3 is 10.5 Å². The van der Waals surface area contributed by atoms with Crippen molar-refractivity contribution in [3.63, 3.8) is 0 Å². The third-order valence-corrected chi connectivity index (χ3v) is 2.15. The molecule has 80 valence electrons. The van der Waals surface area contributed by atoms with E-state index in [1.165, 1.54) is 19.2 Å². The Morgan fingerprint density at radius 2 is 2.20 bits per heavy atom. The van der Waals surface area contributed by atoms with Gasteiger partial charge in [0.2, 0.25) is 0 Å². The molecule has 2 N–H and O–H groups in total. The highest BCUT2D eigenvalue weighted by atomic mass is 16.5. The van der Waals surface area contributed by atoms with Gasteiger partial charge in [-0.3, -0.25) is 9.59 Å². The Kier molecular flexibility index (Phi) is 3.44. The van der Waals surface area contributed by atoms with Gasteiger partial charge in [0.25, 0.3) is 0 Å². The summed E-state index contributed by atoms with van der Waals surface area (Å²) in [6, 6.07) is 2.96. The van der Waals surface area contributed by atoms with E-state index in [4.69, 9.17) is 10.5 Å². The highest BCUT2D eigenvalue weighted by Gasteiger charge is 2.12. The van der Waals surface area contributed by atoms with E-state index in [-0.39, 0.29) is 5.78 Å². The molecule has 0 saturated carbocycles. The Balaban J connectivity index is 3.31. The van der Waals surface area contributed by atoms with E-state index in [0.29, 0.717) is 35.3 Å². The molecule has 4 heteroatoms. The lowest BCUT2D eigenvalue weighted by atomic mass is 10.0. The van der Waals surface area contributed by atoms with Crippen molar-refractivity contribution in [1.29, 1.82) is 0 Å². The van der Waals surface area contributed by atoms with Gasteiger partial charge in [0, 0.05) is 17.7 Å². The SMILES string of the molecule is CCC(=O)c1cc(OC)c(C=O)cc1N. The van der Waals surface area contributed by atoms with Crippen LogP contribution in [-0.2, 0) is 0 Å². The van der Waals surface area contributed by atoms with Crippen LogP contribution in [0.3, 0.4) is 0 Å². The normalized spacial score (nSPS) is 9.73. The molecule has 0 heterocycles. The number of carbonyl (C=O) groups is 2. The highest BCUT2D eigenvalue weighted by Crippen LogP contribution is 2.25. The monoisotopic (exact) mass is 207 g/mol. The second kappa shape index (κ2) is 4.59. The molecule has 0 aliphatic carbocycles. The molecule has 0 aromatic heterocycles. The number of anilines is 1. The van der Waals surface area contributed by atoms with Gasteiger partial charge in [-0.25, -0.2) is 0 Å². The molecule has 0 fully saturated rings. The number of hydrogen-bond donors (Lipinski definition) is 1. The summed E-state index contributed by atoms with van der Waals surface area (Å²) in [5.74, 6) is 0.305. The Morgan fingerprint density at radius 3 is 2.67 bits per heavy atom. The molecule has 0 aliphatic rings. The Hall–Kier alpha value is -1.84. The number of nitrogen functional groups attached to an aromatic ring is 1. The van der Waals surface area contributed by atoms with Crippen molar-refractivity contribution in [1.82, 2.24) is 0 Å². The minimum Gasteiger partial charge on any atom is -0.496 e. The summed E-state index contributed by atoms with van der Waals surface area (Å²) in [5.41, 5.74) is 6.72. The molecule has 4 nitrogen and oxygen atoms in total. The van der Waals surface area contributed by atoms with E-state index >= 15 is 0 Å². The third kappa shape index (κ3) is 2.15. The van der Waals surface area contributed by atoms with Crippen LogP contribution < -0.4 is 10.5 Å². The van der Waals surface area contributed by atoms with Crippen LogP contribution in [0.5, 0.6) is 5.75 Å². The number of hydrogen-bond acceptors (Lipinski definition) is 4. The smallest absolute Gasteiger partial charge is 0.164 e. The topological polar surface area (TPSA) is 69.4 Å². The standard InChI is InChI=1S/C11H13NO3/c1-3-10(14)8-5-11(15-2)7(6-13)4-9(8)12/h4-6H,3,12H2,1-2H3. The van der Waals surface area contributed by atoms with E-state index in [1.807, 2.05) is 0 Å². The second-order valence-corrected chi connectivity index (χ2v) is 3.08. The molecule has 0 spiro atoms. The summed E-state index contributed by atoms with van der Waals surface area (Å²) in [6.07, 6.45) is 1.02. The third-order valence-electron chi connectivity index (χ3n) is 2.15. The molecule has 0 bridgehead atoms. The molecule has 1 aromatic rings. The van der Waals surface area contributed by atoms with E-state index in [2.05, 4.69) is 0 Å². The average molecular weight is 207 g/mol. The maximum absolute atomic E-state index is 11.5. The van der Waals surface area contributed by atoms with E-state index in [1.54, 1.807) is 6.92 Å². The average Bonchev–Trinajstić information content (AvgIpc) is 2.27. The first-order valence-corrected chi connectivity index (χ1v) is 4.59. The summed E-state index contributed by atoms with van der Waals surface area (Å²) in [6.45, 7) is 1.75. The second-order valence-electron chi connectivity index (χ2n) is 3.08. The summed E-state index contributed by atoms with van der Waals surface area (Å²) >= 11 is 0. The first kappa shape index (κ1) is 11.2. The predicted octanol–water partition coefficient (Wildman–Crippen LogP) is 1.68. The fourth-order valence-electron chi connectivity index (χ4n) is 1.31. The molecule has 1 rings (SSSR count). The fraction of sp³-hybridized carbons (Fsp3) is 0.273. The molecule has 0 atom stereocenters. The Morgan fingerprint density at radius 1 is 1.53 bits per heavy atom. The first-order valence-electron chi connectivity index (χ1n) is 4.59.